The van der Waals surface area contributed by atoms with E-state index in [0.29, 0.717) is 10.4 Å². The fourth-order valence-electron chi connectivity index (χ4n) is 1.03. The molecule has 0 fully saturated rings. The minimum atomic E-state index is -4.37. The topological polar surface area (TPSA) is 46.5 Å². The Kier molecular flexibility index (Phi) is 4.92. The van der Waals surface area contributed by atoms with Crippen molar-refractivity contribution in [3.8, 4) is 0 Å². The average Bonchev–Trinajstić information content (AvgIpc) is 2.69. The van der Waals surface area contributed by atoms with Crippen LogP contribution in [0.25, 0.3) is 6.08 Å². The van der Waals surface area contributed by atoms with Crippen LogP contribution in [0.3, 0.4) is 0 Å². The van der Waals surface area contributed by atoms with Crippen molar-refractivity contribution in [2.75, 3.05) is 0 Å². The number of aliphatic carboxylic acids is 1. The van der Waals surface area contributed by atoms with Gasteiger partial charge < -0.3 is 9.84 Å². The molecule has 7 heteroatoms. The number of hydrogen-bond acceptors (Lipinski definition) is 3. The second kappa shape index (κ2) is 6.01. The van der Waals surface area contributed by atoms with Gasteiger partial charge in [-0.25, -0.2) is 4.79 Å². The Morgan fingerprint density at radius 1 is 1.61 bits per heavy atom. The van der Waals surface area contributed by atoms with Crippen molar-refractivity contribution < 1.29 is 27.8 Å². The van der Waals surface area contributed by atoms with Gasteiger partial charge in [-0.3, -0.25) is 0 Å². The maximum absolute atomic E-state index is 12.2. The first-order valence-electron chi connectivity index (χ1n) is 4.96. The van der Waals surface area contributed by atoms with E-state index in [0.717, 1.165) is 13.0 Å². The molecule has 0 saturated carbocycles. The molecule has 0 saturated heterocycles. The van der Waals surface area contributed by atoms with Crippen molar-refractivity contribution in [1.82, 2.24) is 0 Å². The fourth-order valence-corrected chi connectivity index (χ4v) is 1.80. The number of thiophene rings is 1. The Balaban J connectivity index is 2.52. The van der Waals surface area contributed by atoms with Gasteiger partial charge in [0.1, 0.15) is 0 Å². The molecule has 0 bridgehead atoms. The van der Waals surface area contributed by atoms with Gasteiger partial charge in [-0.2, -0.15) is 13.2 Å². The summed E-state index contributed by atoms with van der Waals surface area (Å²) in [6.45, 7) is 0.797. The van der Waals surface area contributed by atoms with Gasteiger partial charge in [0.25, 0.3) is 0 Å². The number of carboxylic acids is 1. The van der Waals surface area contributed by atoms with Crippen LogP contribution in [-0.2, 0) is 16.1 Å². The van der Waals surface area contributed by atoms with Gasteiger partial charge in [-0.1, -0.05) is 0 Å². The number of carbonyl (C=O) groups is 1. The third kappa shape index (κ3) is 4.89. The predicted octanol–water partition coefficient (Wildman–Crippen LogP) is 3.31. The number of carboxylic acid groups (broad SMARTS) is 1. The molecular formula is C11H11F3O3S. The van der Waals surface area contributed by atoms with Crippen molar-refractivity contribution in [2.24, 2.45) is 0 Å². The summed E-state index contributed by atoms with van der Waals surface area (Å²) in [5, 5.41) is 10.1. The summed E-state index contributed by atoms with van der Waals surface area (Å²) in [6, 6.07) is 1.59. The molecule has 1 aromatic heterocycles. The van der Waals surface area contributed by atoms with Crippen LogP contribution in [0, 0.1) is 0 Å². The van der Waals surface area contributed by atoms with Gasteiger partial charge in [-0.05, 0) is 30.0 Å². The third-order valence-electron chi connectivity index (χ3n) is 2.03. The third-order valence-corrected chi connectivity index (χ3v) is 2.96. The van der Waals surface area contributed by atoms with Crippen LogP contribution in [0.5, 0.6) is 0 Å². The highest BCUT2D eigenvalue weighted by atomic mass is 32.1. The normalized spacial score (nSPS) is 14.0. The molecular weight excluding hydrogens is 269 g/mol. The maximum atomic E-state index is 12.2. The summed E-state index contributed by atoms with van der Waals surface area (Å²) in [6.07, 6.45) is -3.86. The minimum absolute atomic E-state index is 0.147. The Labute approximate surface area is 106 Å². The van der Waals surface area contributed by atoms with E-state index in [2.05, 4.69) is 4.74 Å². The van der Waals surface area contributed by atoms with E-state index in [1.54, 1.807) is 11.4 Å². The lowest BCUT2D eigenvalue weighted by Crippen LogP contribution is -2.28. The van der Waals surface area contributed by atoms with Gasteiger partial charge >= 0.3 is 12.1 Å². The van der Waals surface area contributed by atoms with E-state index >= 15 is 0 Å². The van der Waals surface area contributed by atoms with E-state index in [1.165, 1.54) is 17.4 Å². The highest BCUT2D eigenvalue weighted by Crippen LogP contribution is 2.24. The van der Waals surface area contributed by atoms with Crippen molar-refractivity contribution in [1.29, 1.82) is 0 Å². The van der Waals surface area contributed by atoms with Crippen molar-refractivity contribution >= 4 is 23.4 Å². The van der Waals surface area contributed by atoms with Crippen LogP contribution in [0.2, 0.25) is 0 Å². The molecule has 0 aromatic carbocycles. The molecule has 1 unspecified atom stereocenters. The molecule has 0 spiro atoms. The smallest absolute Gasteiger partial charge is 0.414 e. The summed E-state index contributed by atoms with van der Waals surface area (Å²) < 4.78 is 41.2. The van der Waals surface area contributed by atoms with Crippen LogP contribution in [0.1, 0.15) is 17.4 Å². The van der Waals surface area contributed by atoms with Crippen LogP contribution in [0.15, 0.2) is 17.5 Å². The first-order valence-corrected chi connectivity index (χ1v) is 5.83. The molecule has 0 radical (unpaired) electrons. The predicted molar refractivity (Wildman–Crippen MR) is 61.3 cm³/mol. The lowest BCUT2D eigenvalue weighted by molar-refractivity contribution is -0.217. The quantitative estimate of drug-likeness (QED) is 0.842. The number of ether oxygens (including phenoxy) is 1. The number of hydrogen-bond donors (Lipinski definition) is 1. The molecule has 18 heavy (non-hydrogen) atoms. The molecule has 0 aliphatic rings. The largest absolute Gasteiger partial charge is 0.478 e. The second-order valence-electron chi connectivity index (χ2n) is 3.51. The van der Waals surface area contributed by atoms with E-state index < -0.39 is 18.2 Å². The Morgan fingerprint density at radius 2 is 2.28 bits per heavy atom. The summed E-state index contributed by atoms with van der Waals surface area (Å²) in [5.41, 5.74) is 0.626. The lowest BCUT2D eigenvalue weighted by atomic mass is 10.3. The number of halogens is 3. The van der Waals surface area contributed by atoms with Gasteiger partial charge in [0.05, 0.1) is 6.61 Å². The summed E-state index contributed by atoms with van der Waals surface area (Å²) >= 11 is 1.22. The van der Waals surface area contributed by atoms with Crippen molar-refractivity contribution in [3.63, 3.8) is 0 Å². The number of alkyl halides is 3. The van der Waals surface area contributed by atoms with Crippen LogP contribution in [0.4, 0.5) is 13.2 Å². The molecule has 0 aliphatic carbocycles. The molecule has 0 aliphatic heterocycles. The van der Waals surface area contributed by atoms with E-state index in [4.69, 9.17) is 5.11 Å². The zero-order valence-corrected chi connectivity index (χ0v) is 10.2. The Bertz CT molecular complexity index is 437. The molecule has 1 atom stereocenters. The Morgan fingerprint density at radius 3 is 2.83 bits per heavy atom. The van der Waals surface area contributed by atoms with Crippen LogP contribution in [-0.4, -0.2) is 23.4 Å². The van der Waals surface area contributed by atoms with Gasteiger partial charge in [0, 0.05) is 11.0 Å². The average molecular weight is 280 g/mol. The van der Waals surface area contributed by atoms with Gasteiger partial charge in [-0.15, -0.1) is 11.3 Å². The monoisotopic (exact) mass is 280 g/mol. The summed E-state index contributed by atoms with van der Waals surface area (Å²) in [4.78, 5) is 10.9. The maximum Gasteiger partial charge on any atom is 0.414 e. The van der Waals surface area contributed by atoms with E-state index in [1.807, 2.05) is 0 Å². The second-order valence-corrected chi connectivity index (χ2v) is 4.51. The molecule has 1 aromatic rings. The van der Waals surface area contributed by atoms with Crippen LogP contribution >= 0.6 is 11.3 Å². The Hall–Kier alpha value is -1.34. The van der Waals surface area contributed by atoms with Crippen LogP contribution < -0.4 is 0 Å². The zero-order valence-electron chi connectivity index (χ0n) is 9.40. The summed E-state index contributed by atoms with van der Waals surface area (Å²) in [7, 11) is 0. The standard InChI is InChI=1S/C11H11F3O3S/c1-7(11(12,13)14)17-5-9-4-8(6-18-9)2-3-10(15)16/h2-4,6-7H,5H2,1H3,(H,15,16). The van der Waals surface area contributed by atoms with Crippen molar-refractivity contribution in [3.05, 3.63) is 28.0 Å². The molecule has 100 valence electrons. The molecule has 1 N–H and O–H groups in total. The zero-order chi connectivity index (χ0) is 13.8. The first-order chi connectivity index (χ1) is 8.29. The molecule has 1 heterocycles. The SMILES string of the molecule is CC(OCc1cc(C=CC(=O)O)cs1)C(F)(F)F. The van der Waals surface area contributed by atoms with Gasteiger partial charge in [0.15, 0.2) is 6.10 Å². The molecule has 1 rings (SSSR count). The molecule has 0 amide bonds. The number of rotatable bonds is 5. The van der Waals surface area contributed by atoms with Gasteiger partial charge in [0.2, 0.25) is 0 Å². The van der Waals surface area contributed by atoms with E-state index in [-0.39, 0.29) is 6.61 Å². The molecule has 3 nitrogen and oxygen atoms in total. The summed E-state index contributed by atoms with van der Waals surface area (Å²) in [5.74, 6) is -1.08. The highest BCUT2D eigenvalue weighted by molar-refractivity contribution is 7.10. The highest BCUT2D eigenvalue weighted by Gasteiger charge is 2.36. The lowest BCUT2D eigenvalue weighted by Gasteiger charge is -2.15. The van der Waals surface area contributed by atoms with Crippen molar-refractivity contribution in [2.45, 2.75) is 25.8 Å². The first kappa shape index (κ1) is 14.7. The minimum Gasteiger partial charge on any atom is -0.478 e. The van der Waals surface area contributed by atoms with E-state index in [9.17, 15) is 18.0 Å². The fraction of sp³-hybridized carbons (Fsp3) is 0.364.